The SMILES string of the molecule is O=C(Nc1ccccc1)C1CCN(C(=O)CCOc2ccc(Cl)c(Cl)c2)CC1. The lowest BCUT2D eigenvalue weighted by molar-refractivity contribution is -0.135. The molecule has 1 fully saturated rings. The fourth-order valence-electron chi connectivity index (χ4n) is 3.14. The number of nitrogens with one attached hydrogen (secondary N) is 1. The lowest BCUT2D eigenvalue weighted by Crippen LogP contribution is -2.41. The van der Waals surface area contributed by atoms with Crippen molar-refractivity contribution in [2.75, 3.05) is 25.0 Å². The van der Waals surface area contributed by atoms with Crippen LogP contribution in [0.5, 0.6) is 5.75 Å². The van der Waals surface area contributed by atoms with Gasteiger partial charge in [-0.1, -0.05) is 41.4 Å². The molecule has 2 aromatic rings. The van der Waals surface area contributed by atoms with Crippen LogP contribution in [0.3, 0.4) is 0 Å². The van der Waals surface area contributed by atoms with E-state index in [1.807, 2.05) is 30.3 Å². The van der Waals surface area contributed by atoms with Crippen LogP contribution in [0, 0.1) is 5.92 Å². The number of benzene rings is 2. The molecule has 5 nitrogen and oxygen atoms in total. The van der Waals surface area contributed by atoms with Gasteiger partial charge < -0.3 is 15.0 Å². The molecule has 0 unspecified atom stereocenters. The van der Waals surface area contributed by atoms with Gasteiger partial charge in [0.05, 0.1) is 23.1 Å². The van der Waals surface area contributed by atoms with Crippen LogP contribution in [0.15, 0.2) is 48.5 Å². The monoisotopic (exact) mass is 420 g/mol. The molecule has 3 rings (SSSR count). The largest absolute Gasteiger partial charge is 0.493 e. The zero-order valence-corrected chi connectivity index (χ0v) is 16.9. The maximum Gasteiger partial charge on any atom is 0.227 e. The molecule has 0 atom stereocenters. The van der Waals surface area contributed by atoms with Crippen molar-refractivity contribution in [3.63, 3.8) is 0 Å². The molecule has 2 amide bonds. The first-order valence-corrected chi connectivity index (χ1v) is 10.00. The lowest BCUT2D eigenvalue weighted by Gasteiger charge is -2.31. The molecule has 0 bridgehead atoms. The smallest absolute Gasteiger partial charge is 0.227 e. The van der Waals surface area contributed by atoms with Crippen LogP contribution in [0.1, 0.15) is 19.3 Å². The molecule has 0 radical (unpaired) electrons. The van der Waals surface area contributed by atoms with E-state index in [0.717, 1.165) is 5.69 Å². The summed E-state index contributed by atoms with van der Waals surface area (Å²) in [4.78, 5) is 26.5. The molecule has 2 aromatic carbocycles. The fourth-order valence-corrected chi connectivity index (χ4v) is 3.43. The number of hydrogen-bond donors (Lipinski definition) is 1. The van der Waals surface area contributed by atoms with Crippen molar-refractivity contribution in [2.45, 2.75) is 19.3 Å². The van der Waals surface area contributed by atoms with Crippen molar-refractivity contribution < 1.29 is 14.3 Å². The van der Waals surface area contributed by atoms with E-state index in [2.05, 4.69) is 5.32 Å². The number of halogens is 2. The molecule has 0 aromatic heterocycles. The van der Waals surface area contributed by atoms with Gasteiger partial charge in [-0.15, -0.1) is 0 Å². The van der Waals surface area contributed by atoms with Crippen LogP contribution in [0.25, 0.3) is 0 Å². The molecule has 148 valence electrons. The summed E-state index contributed by atoms with van der Waals surface area (Å²) >= 11 is 11.8. The van der Waals surface area contributed by atoms with Gasteiger partial charge in [-0.25, -0.2) is 0 Å². The molecular weight excluding hydrogens is 399 g/mol. The van der Waals surface area contributed by atoms with Gasteiger partial charge in [0, 0.05) is 30.8 Å². The average molecular weight is 421 g/mol. The highest BCUT2D eigenvalue weighted by atomic mass is 35.5. The zero-order valence-electron chi connectivity index (χ0n) is 15.4. The number of likely N-dealkylation sites (tertiary alicyclic amines) is 1. The van der Waals surface area contributed by atoms with Gasteiger partial charge >= 0.3 is 0 Å². The Balaban J connectivity index is 1.39. The van der Waals surface area contributed by atoms with E-state index in [4.69, 9.17) is 27.9 Å². The predicted molar refractivity (Wildman–Crippen MR) is 111 cm³/mol. The van der Waals surface area contributed by atoms with Gasteiger partial charge in [0.2, 0.25) is 11.8 Å². The maximum atomic E-state index is 12.4. The van der Waals surface area contributed by atoms with Gasteiger partial charge in [-0.05, 0) is 37.1 Å². The van der Waals surface area contributed by atoms with E-state index >= 15 is 0 Å². The van der Waals surface area contributed by atoms with E-state index in [0.29, 0.717) is 41.7 Å². The topological polar surface area (TPSA) is 58.6 Å². The van der Waals surface area contributed by atoms with E-state index in [1.54, 1.807) is 23.1 Å². The van der Waals surface area contributed by atoms with Gasteiger partial charge in [0.15, 0.2) is 0 Å². The van der Waals surface area contributed by atoms with Crippen molar-refractivity contribution in [3.05, 3.63) is 58.6 Å². The summed E-state index contributed by atoms with van der Waals surface area (Å²) in [6, 6.07) is 14.4. The number of ether oxygens (including phenoxy) is 1. The third-order valence-corrected chi connectivity index (χ3v) is 5.47. The Morgan fingerprint density at radius 1 is 1.04 bits per heavy atom. The summed E-state index contributed by atoms with van der Waals surface area (Å²) < 4.78 is 5.57. The molecule has 1 N–H and O–H groups in total. The molecule has 0 aliphatic carbocycles. The Hall–Kier alpha value is -2.24. The van der Waals surface area contributed by atoms with Gasteiger partial charge in [-0.3, -0.25) is 9.59 Å². The van der Waals surface area contributed by atoms with Crippen molar-refractivity contribution in [1.82, 2.24) is 4.90 Å². The van der Waals surface area contributed by atoms with Gasteiger partial charge in [-0.2, -0.15) is 0 Å². The number of para-hydroxylation sites is 1. The minimum absolute atomic E-state index is 0.0150. The number of piperidine rings is 1. The standard InChI is InChI=1S/C21H22Cl2N2O3/c22-18-7-6-17(14-19(18)23)28-13-10-20(26)25-11-8-15(9-12-25)21(27)24-16-4-2-1-3-5-16/h1-7,14-15H,8-13H2,(H,24,27). The number of carbonyl (C=O) groups excluding carboxylic acids is 2. The van der Waals surface area contributed by atoms with Crippen molar-refractivity contribution in [3.8, 4) is 5.75 Å². The zero-order chi connectivity index (χ0) is 19.9. The molecule has 1 heterocycles. The van der Waals surface area contributed by atoms with Crippen LogP contribution >= 0.6 is 23.2 Å². The second kappa shape index (κ2) is 9.80. The number of carbonyl (C=O) groups is 2. The van der Waals surface area contributed by atoms with E-state index in [9.17, 15) is 9.59 Å². The number of anilines is 1. The molecule has 28 heavy (non-hydrogen) atoms. The molecule has 1 saturated heterocycles. The van der Waals surface area contributed by atoms with E-state index < -0.39 is 0 Å². The van der Waals surface area contributed by atoms with Crippen molar-refractivity contribution in [1.29, 1.82) is 0 Å². The summed E-state index contributed by atoms with van der Waals surface area (Å²) in [5.74, 6) is 0.554. The van der Waals surface area contributed by atoms with E-state index in [1.165, 1.54) is 0 Å². The Kier molecular flexibility index (Phi) is 7.18. The maximum absolute atomic E-state index is 12.4. The molecule has 1 aliphatic heterocycles. The highest BCUT2D eigenvalue weighted by Gasteiger charge is 2.27. The normalized spacial score (nSPS) is 14.6. The number of rotatable bonds is 6. The summed E-state index contributed by atoms with van der Waals surface area (Å²) in [7, 11) is 0. The summed E-state index contributed by atoms with van der Waals surface area (Å²) in [5, 5.41) is 3.81. The first-order valence-electron chi connectivity index (χ1n) is 9.24. The Labute approximate surface area is 174 Å². The van der Waals surface area contributed by atoms with Crippen molar-refractivity contribution >= 4 is 40.7 Å². The fraction of sp³-hybridized carbons (Fsp3) is 0.333. The number of nitrogens with zero attached hydrogens (tertiary/aromatic N) is 1. The van der Waals surface area contributed by atoms with Crippen LogP contribution in [-0.4, -0.2) is 36.4 Å². The van der Waals surface area contributed by atoms with Crippen LogP contribution in [0.4, 0.5) is 5.69 Å². The van der Waals surface area contributed by atoms with Crippen LogP contribution < -0.4 is 10.1 Å². The Morgan fingerprint density at radius 2 is 1.75 bits per heavy atom. The van der Waals surface area contributed by atoms with Crippen molar-refractivity contribution in [2.24, 2.45) is 5.92 Å². The predicted octanol–water partition coefficient (Wildman–Crippen LogP) is 4.64. The first kappa shape index (κ1) is 20.5. The molecular formula is C21H22Cl2N2O3. The molecule has 0 spiro atoms. The minimum atomic E-state index is -0.0725. The summed E-state index contributed by atoms with van der Waals surface area (Å²) in [6.45, 7) is 1.43. The number of amides is 2. The third kappa shape index (κ3) is 5.63. The Morgan fingerprint density at radius 3 is 2.43 bits per heavy atom. The molecule has 7 heteroatoms. The highest BCUT2D eigenvalue weighted by molar-refractivity contribution is 6.42. The van der Waals surface area contributed by atoms with Crippen LogP contribution in [0.2, 0.25) is 10.0 Å². The lowest BCUT2D eigenvalue weighted by atomic mass is 9.95. The van der Waals surface area contributed by atoms with Crippen LogP contribution in [-0.2, 0) is 9.59 Å². The number of hydrogen-bond acceptors (Lipinski definition) is 3. The minimum Gasteiger partial charge on any atom is -0.493 e. The molecule has 1 aliphatic rings. The molecule has 0 saturated carbocycles. The third-order valence-electron chi connectivity index (χ3n) is 4.74. The first-order chi connectivity index (χ1) is 13.5. The van der Waals surface area contributed by atoms with Gasteiger partial charge in [0.25, 0.3) is 0 Å². The van der Waals surface area contributed by atoms with E-state index in [-0.39, 0.29) is 30.8 Å². The average Bonchev–Trinajstić information content (AvgIpc) is 2.71. The summed E-state index contributed by atoms with van der Waals surface area (Å²) in [5.41, 5.74) is 0.797. The quantitative estimate of drug-likeness (QED) is 0.740. The highest BCUT2D eigenvalue weighted by Crippen LogP contribution is 2.26. The summed E-state index contributed by atoms with van der Waals surface area (Å²) in [6.07, 6.45) is 1.61. The van der Waals surface area contributed by atoms with Gasteiger partial charge in [0.1, 0.15) is 5.75 Å². The Bertz CT molecular complexity index is 822. The second-order valence-corrected chi connectivity index (χ2v) is 7.50. The second-order valence-electron chi connectivity index (χ2n) is 6.68.